The van der Waals surface area contributed by atoms with Gasteiger partial charge in [-0.15, -0.1) is 5.10 Å². The minimum Gasteiger partial charge on any atom is -0.413 e. The number of H-pyrrole nitrogens is 1. The molecule has 1 heterocycles. The van der Waals surface area contributed by atoms with Crippen molar-refractivity contribution in [3.8, 4) is 0 Å². The molecule has 1 aromatic heterocycles. The summed E-state index contributed by atoms with van der Waals surface area (Å²) in [6, 6.07) is 7.36. The van der Waals surface area contributed by atoms with E-state index in [-0.39, 0.29) is 22.2 Å². The Bertz CT molecular complexity index is 684. The summed E-state index contributed by atoms with van der Waals surface area (Å²) in [5.74, 6) is -0.205. The first kappa shape index (κ1) is 13.0. The maximum atomic E-state index is 11.9. The second-order valence-corrected chi connectivity index (χ2v) is 6.46. The largest absolute Gasteiger partial charge is 0.413 e. The number of benzene rings is 1. The number of hydrogen-bond acceptors (Lipinski definition) is 5. The molecule has 0 unspecified atom stereocenters. The van der Waals surface area contributed by atoms with Crippen molar-refractivity contribution in [2.45, 2.75) is 18.4 Å². The third-order valence-corrected chi connectivity index (χ3v) is 3.97. The molecule has 7 heteroatoms. The van der Waals surface area contributed by atoms with Crippen molar-refractivity contribution >= 4 is 22.1 Å². The minimum atomic E-state index is -3.31. The van der Waals surface area contributed by atoms with Gasteiger partial charge in [-0.1, -0.05) is 29.8 Å². The van der Waals surface area contributed by atoms with Crippen LogP contribution in [0.25, 0.3) is 0 Å². The lowest BCUT2D eigenvalue weighted by Crippen LogP contribution is -2.08. The average Bonchev–Trinajstić information content (AvgIpc) is 2.66. The van der Waals surface area contributed by atoms with E-state index >= 15 is 0 Å². The Morgan fingerprint density at radius 1 is 1.28 bits per heavy atom. The van der Waals surface area contributed by atoms with Crippen LogP contribution >= 0.6 is 12.2 Å². The van der Waals surface area contributed by atoms with Crippen molar-refractivity contribution in [2.24, 2.45) is 0 Å². The second-order valence-electron chi connectivity index (χ2n) is 4.02. The Kier molecular flexibility index (Phi) is 3.63. The van der Waals surface area contributed by atoms with Crippen molar-refractivity contribution in [1.82, 2.24) is 10.2 Å². The molecule has 0 atom stereocenters. The van der Waals surface area contributed by atoms with Gasteiger partial charge in [0.15, 0.2) is 9.84 Å². The smallest absolute Gasteiger partial charge is 0.284 e. The van der Waals surface area contributed by atoms with Crippen LogP contribution in [-0.4, -0.2) is 18.6 Å². The predicted molar refractivity (Wildman–Crippen MR) is 69.2 cm³/mol. The van der Waals surface area contributed by atoms with Gasteiger partial charge in [-0.2, -0.15) is 0 Å². The lowest BCUT2D eigenvalue weighted by molar-refractivity contribution is 0.493. The van der Waals surface area contributed by atoms with Gasteiger partial charge < -0.3 is 4.42 Å². The maximum absolute atomic E-state index is 11.9. The molecule has 2 aromatic rings. The highest BCUT2D eigenvalue weighted by atomic mass is 32.2. The molecular formula is C11H12N2O3S2. The van der Waals surface area contributed by atoms with Crippen LogP contribution in [0.2, 0.25) is 0 Å². The van der Waals surface area contributed by atoms with Crippen LogP contribution in [0.1, 0.15) is 17.0 Å². The van der Waals surface area contributed by atoms with Crippen molar-refractivity contribution in [1.29, 1.82) is 0 Å². The van der Waals surface area contributed by atoms with Crippen LogP contribution in [0, 0.1) is 11.8 Å². The summed E-state index contributed by atoms with van der Waals surface area (Å²) in [4.78, 5) is 0.0792. The van der Waals surface area contributed by atoms with Crippen LogP contribution in [0.15, 0.2) is 28.7 Å². The monoisotopic (exact) mass is 284 g/mol. The SMILES string of the molecule is Cc1ccc(CS(=O)(=O)Cc2n[nH]c(=S)o2)cc1. The molecule has 0 saturated carbocycles. The average molecular weight is 284 g/mol. The summed E-state index contributed by atoms with van der Waals surface area (Å²) in [6.45, 7) is 1.95. The second kappa shape index (κ2) is 5.03. The van der Waals surface area contributed by atoms with Crippen LogP contribution in [0.3, 0.4) is 0 Å². The number of aromatic nitrogens is 2. The lowest BCUT2D eigenvalue weighted by atomic mass is 10.2. The van der Waals surface area contributed by atoms with E-state index in [2.05, 4.69) is 22.4 Å². The summed E-state index contributed by atoms with van der Waals surface area (Å²) in [7, 11) is -3.31. The highest BCUT2D eigenvalue weighted by Crippen LogP contribution is 2.12. The molecule has 1 N–H and O–H groups in total. The Balaban J connectivity index is 2.12. The number of nitrogens with zero attached hydrogens (tertiary/aromatic N) is 1. The molecule has 0 bridgehead atoms. The predicted octanol–water partition coefficient (Wildman–Crippen LogP) is 2.16. The van der Waals surface area contributed by atoms with Gasteiger partial charge in [0, 0.05) is 0 Å². The normalized spacial score (nSPS) is 11.6. The van der Waals surface area contributed by atoms with Gasteiger partial charge >= 0.3 is 0 Å². The number of nitrogens with one attached hydrogen (secondary N) is 1. The molecule has 0 spiro atoms. The van der Waals surface area contributed by atoms with Crippen molar-refractivity contribution in [3.05, 3.63) is 46.1 Å². The number of aryl methyl sites for hydroxylation is 1. The van der Waals surface area contributed by atoms with E-state index in [0.29, 0.717) is 0 Å². The zero-order chi connectivity index (χ0) is 13.2. The van der Waals surface area contributed by atoms with Gasteiger partial charge in [-0.3, -0.25) is 0 Å². The third-order valence-electron chi connectivity index (χ3n) is 2.33. The number of sulfone groups is 1. The Hall–Kier alpha value is -1.47. The highest BCUT2D eigenvalue weighted by molar-refractivity contribution is 7.89. The molecule has 1 aromatic carbocycles. The molecule has 5 nitrogen and oxygen atoms in total. The molecule has 2 rings (SSSR count). The van der Waals surface area contributed by atoms with E-state index in [0.717, 1.165) is 11.1 Å². The summed E-state index contributed by atoms with van der Waals surface area (Å²) in [6.07, 6.45) is 0. The maximum Gasteiger partial charge on any atom is 0.284 e. The topological polar surface area (TPSA) is 76.0 Å². The quantitative estimate of drug-likeness (QED) is 0.871. The van der Waals surface area contributed by atoms with Crippen molar-refractivity contribution in [3.63, 3.8) is 0 Å². The van der Waals surface area contributed by atoms with Gasteiger partial charge in [0.2, 0.25) is 5.89 Å². The summed E-state index contributed by atoms with van der Waals surface area (Å²) < 4.78 is 28.8. The van der Waals surface area contributed by atoms with Crippen LogP contribution in [0.4, 0.5) is 0 Å². The Morgan fingerprint density at radius 2 is 1.94 bits per heavy atom. The third kappa shape index (κ3) is 3.51. The first-order chi connectivity index (χ1) is 8.44. The van der Waals surface area contributed by atoms with E-state index in [1.165, 1.54) is 0 Å². The lowest BCUT2D eigenvalue weighted by Gasteiger charge is -2.02. The highest BCUT2D eigenvalue weighted by Gasteiger charge is 2.16. The minimum absolute atomic E-state index is 0.0393. The molecule has 18 heavy (non-hydrogen) atoms. The van der Waals surface area contributed by atoms with E-state index in [4.69, 9.17) is 4.42 Å². The van der Waals surface area contributed by atoms with Gasteiger partial charge in [-0.25, -0.2) is 13.5 Å². The molecule has 0 aliphatic carbocycles. The first-order valence-corrected chi connectivity index (χ1v) is 7.48. The van der Waals surface area contributed by atoms with Crippen LogP contribution in [-0.2, 0) is 21.3 Å². The molecule has 0 aliphatic rings. The van der Waals surface area contributed by atoms with Crippen LogP contribution < -0.4 is 0 Å². The number of rotatable bonds is 4. The molecule has 0 saturated heterocycles. The van der Waals surface area contributed by atoms with Gasteiger partial charge in [-0.05, 0) is 24.7 Å². The molecule has 96 valence electrons. The molecule has 0 amide bonds. The zero-order valence-electron chi connectivity index (χ0n) is 9.71. The molecule has 0 fully saturated rings. The summed E-state index contributed by atoms with van der Waals surface area (Å²) in [5.41, 5.74) is 1.84. The Labute approximate surface area is 110 Å². The molecule has 0 aliphatic heterocycles. The summed E-state index contributed by atoms with van der Waals surface area (Å²) >= 11 is 4.69. The van der Waals surface area contributed by atoms with Crippen LogP contribution in [0.5, 0.6) is 0 Å². The fourth-order valence-corrected chi connectivity index (χ4v) is 2.94. The van der Waals surface area contributed by atoms with Gasteiger partial charge in [0.25, 0.3) is 4.84 Å². The Morgan fingerprint density at radius 3 is 2.50 bits per heavy atom. The summed E-state index contributed by atoms with van der Waals surface area (Å²) in [5, 5.41) is 6.08. The van der Waals surface area contributed by atoms with E-state index in [1.54, 1.807) is 12.1 Å². The zero-order valence-corrected chi connectivity index (χ0v) is 11.3. The van der Waals surface area contributed by atoms with E-state index in [9.17, 15) is 8.42 Å². The fraction of sp³-hybridized carbons (Fsp3) is 0.273. The molecular weight excluding hydrogens is 272 g/mol. The van der Waals surface area contributed by atoms with E-state index < -0.39 is 9.84 Å². The number of hydrogen-bond donors (Lipinski definition) is 1. The first-order valence-electron chi connectivity index (χ1n) is 5.25. The number of aromatic amines is 1. The van der Waals surface area contributed by atoms with Gasteiger partial charge in [0.05, 0.1) is 5.75 Å². The van der Waals surface area contributed by atoms with Crippen molar-refractivity contribution in [2.75, 3.05) is 0 Å². The standard InChI is InChI=1S/C11H12N2O3S2/c1-8-2-4-9(5-3-8)6-18(14,15)7-10-12-13-11(17)16-10/h2-5H,6-7H2,1H3,(H,13,17). The van der Waals surface area contributed by atoms with Crippen molar-refractivity contribution < 1.29 is 12.8 Å². The van der Waals surface area contributed by atoms with Gasteiger partial charge in [0.1, 0.15) is 5.75 Å². The van der Waals surface area contributed by atoms with E-state index in [1.807, 2.05) is 19.1 Å². The molecule has 0 radical (unpaired) electrons. The fourth-order valence-electron chi connectivity index (χ4n) is 1.50.